The maximum atomic E-state index is 15.0. The average Bonchev–Trinajstić information content (AvgIpc) is 2.94. The van der Waals surface area contributed by atoms with Crippen molar-refractivity contribution in [3.05, 3.63) is 120 Å². The van der Waals surface area contributed by atoms with E-state index in [4.69, 9.17) is 0 Å². The molecule has 0 bridgehead atoms. The van der Waals surface area contributed by atoms with Crippen LogP contribution in [0, 0.1) is 5.82 Å². The molecular formula is C32H29F4IN-. The minimum atomic E-state index is -4.47. The standard InChI is InChI=1S/C32H29F4IN/c33-30-20-25(11-12-29(30)24-7-3-1-4-8-24)26-17-23(18-28(19-26)32(34,35)36)21-37-22-31(13-15-38-16-14-31)27-9-5-2-6-10-27/h1-12,17-20,38H,13-16,21-22H2/q-1. The van der Waals surface area contributed by atoms with Crippen LogP contribution in [0.15, 0.2) is 97.1 Å². The van der Waals surface area contributed by atoms with Crippen LogP contribution in [0.4, 0.5) is 17.6 Å². The molecule has 4 aromatic rings. The van der Waals surface area contributed by atoms with Gasteiger partial charge in [-0.1, -0.05) is 0 Å². The normalized spacial score (nSPS) is 15.5. The van der Waals surface area contributed by atoms with Gasteiger partial charge in [-0.05, 0) is 0 Å². The second-order valence-corrected chi connectivity index (χ2v) is 12.4. The van der Waals surface area contributed by atoms with Crippen molar-refractivity contribution < 1.29 is 38.8 Å². The summed E-state index contributed by atoms with van der Waals surface area (Å²) in [5, 5.41) is 3.44. The van der Waals surface area contributed by atoms with Crippen LogP contribution in [0.5, 0.6) is 0 Å². The molecule has 0 aliphatic carbocycles. The molecule has 1 aliphatic heterocycles. The summed E-state index contributed by atoms with van der Waals surface area (Å²) in [5.41, 5.74) is 3.43. The molecule has 6 heteroatoms. The molecule has 4 aromatic carbocycles. The Hall–Kier alpha value is -2.71. The molecule has 1 nitrogen and oxygen atoms in total. The van der Waals surface area contributed by atoms with Crippen molar-refractivity contribution in [1.29, 1.82) is 0 Å². The van der Waals surface area contributed by atoms with Gasteiger partial charge in [-0.3, -0.25) is 0 Å². The molecule has 0 saturated carbocycles. The number of benzene rings is 4. The van der Waals surface area contributed by atoms with E-state index in [-0.39, 0.29) is 5.41 Å². The van der Waals surface area contributed by atoms with Gasteiger partial charge in [0.05, 0.1) is 0 Å². The zero-order valence-electron chi connectivity index (χ0n) is 20.9. The molecule has 0 spiro atoms. The Labute approximate surface area is 231 Å². The number of rotatable bonds is 7. The molecule has 1 fully saturated rings. The van der Waals surface area contributed by atoms with Gasteiger partial charge < -0.3 is 0 Å². The average molecular weight is 630 g/mol. The molecule has 1 N–H and O–H groups in total. The van der Waals surface area contributed by atoms with E-state index in [1.54, 1.807) is 12.1 Å². The Morgan fingerprint density at radius 2 is 1.42 bits per heavy atom. The molecule has 0 aromatic heterocycles. The van der Waals surface area contributed by atoms with E-state index in [1.165, 1.54) is 17.7 Å². The van der Waals surface area contributed by atoms with Gasteiger partial charge in [0.2, 0.25) is 0 Å². The fraction of sp³-hybridized carbons (Fsp3) is 0.250. The number of piperidine rings is 1. The first-order valence-corrected chi connectivity index (χ1v) is 15.8. The van der Waals surface area contributed by atoms with Crippen LogP contribution in [0.2, 0.25) is 0 Å². The molecule has 1 aliphatic rings. The second kappa shape index (κ2) is 11.6. The van der Waals surface area contributed by atoms with Crippen LogP contribution in [-0.2, 0) is 16.0 Å². The topological polar surface area (TPSA) is 12.0 Å². The number of nitrogens with one attached hydrogen (secondary N) is 1. The van der Waals surface area contributed by atoms with E-state index in [9.17, 15) is 13.2 Å². The van der Waals surface area contributed by atoms with E-state index < -0.39 is 38.8 Å². The number of halogens is 5. The molecule has 0 atom stereocenters. The van der Waals surface area contributed by atoms with Gasteiger partial charge in [0.15, 0.2) is 0 Å². The molecular weight excluding hydrogens is 601 g/mol. The van der Waals surface area contributed by atoms with Gasteiger partial charge >= 0.3 is 232 Å². The summed E-state index contributed by atoms with van der Waals surface area (Å²) in [7, 11) is 0. The first-order valence-electron chi connectivity index (χ1n) is 12.7. The SMILES string of the molecule is Fc1cc(-c2cc(C[I-]CC3(c4ccccc4)CCNCC3)cc(C(F)(F)F)c2)ccc1-c1ccccc1. The number of hydrogen-bond donors (Lipinski definition) is 1. The third-order valence-corrected chi connectivity index (χ3v) is 10.7. The zero-order chi connectivity index (χ0) is 26.6. The Kier molecular flexibility index (Phi) is 8.19. The first kappa shape index (κ1) is 26.9. The minimum absolute atomic E-state index is 0.0840. The summed E-state index contributed by atoms with van der Waals surface area (Å²) in [6, 6.07) is 28.6. The predicted octanol–water partition coefficient (Wildman–Crippen LogP) is 5.09. The van der Waals surface area contributed by atoms with Gasteiger partial charge in [-0.15, -0.1) is 0 Å². The zero-order valence-corrected chi connectivity index (χ0v) is 23.0. The van der Waals surface area contributed by atoms with Gasteiger partial charge in [-0.25, -0.2) is 0 Å². The second-order valence-electron chi connectivity index (χ2n) is 9.83. The Morgan fingerprint density at radius 1 is 0.737 bits per heavy atom. The molecule has 5 rings (SSSR count). The summed E-state index contributed by atoms with van der Waals surface area (Å²) >= 11 is -0.398. The van der Waals surface area contributed by atoms with Gasteiger partial charge in [0.25, 0.3) is 0 Å². The summed E-state index contributed by atoms with van der Waals surface area (Å²) in [5.74, 6) is -0.448. The number of hydrogen-bond acceptors (Lipinski definition) is 1. The summed E-state index contributed by atoms with van der Waals surface area (Å²) < 4.78 is 58.3. The number of alkyl halides is 5. The fourth-order valence-electron chi connectivity index (χ4n) is 5.18. The summed E-state index contributed by atoms with van der Waals surface area (Å²) in [6.07, 6.45) is -2.39. The van der Waals surface area contributed by atoms with Crippen molar-refractivity contribution in [2.45, 2.75) is 28.9 Å². The predicted molar refractivity (Wildman–Crippen MR) is 141 cm³/mol. The van der Waals surface area contributed by atoms with E-state index in [2.05, 4.69) is 29.6 Å². The third kappa shape index (κ3) is 6.12. The summed E-state index contributed by atoms with van der Waals surface area (Å²) in [4.78, 5) is 0. The maximum absolute atomic E-state index is 15.0. The van der Waals surface area contributed by atoms with Crippen LogP contribution in [-0.4, -0.2) is 17.5 Å². The Balaban J connectivity index is 1.41. The third-order valence-electron chi connectivity index (χ3n) is 7.25. The van der Waals surface area contributed by atoms with Crippen molar-refractivity contribution in [3.8, 4) is 22.3 Å². The molecule has 0 radical (unpaired) electrons. The molecule has 38 heavy (non-hydrogen) atoms. The van der Waals surface area contributed by atoms with Crippen molar-refractivity contribution in [2.75, 3.05) is 17.5 Å². The van der Waals surface area contributed by atoms with E-state index in [0.29, 0.717) is 26.7 Å². The quantitative estimate of drug-likeness (QED) is 0.171. The van der Waals surface area contributed by atoms with Crippen molar-refractivity contribution in [2.24, 2.45) is 0 Å². The van der Waals surface area contributed by atoms with E-state index in [0.717, 1.165) is 42.0 Å². The van der Waals surface area contributed by atoms with Crippen LogP contribution < -0.4 is 26.5 Å². The van der Waals surface area contributed by atoms with Gasteiger partial charge in [0.1, 0.15) is 0 Å². The Bertz CT molecular complexity index is 1360. The van der Waals surface area contributed by atoms with E-state index in [1.807, 2.05) is 42.5 Å². The van der Waals surface area contributed by atoms with Crippen LogP contribution in [0.3, 0.4) is 0 Å². The van der Waals surface area contributed by atoms with Crippen molar-refractivity contribution in [3.63, 3.8) is 0 Å². The fourth-order valence-corrected chi connectivity index (χ4v) is 8.75. The monoisotopic (exact) mass is 630 g/mol. The summed E-state index contributed by atoms with van der Waals surface area (Å²) in [6.45, 7) is 1.91. The first-order chi connectivity index (χ1) is 18.3. The Morgan fingerprint density at radius 3 is 2.08 bits per heavy atom. The van der Waals surface area contributed by atoms with Crippen molar-refractivity contribution in [1.82, 2.24) is 5.32 Å². The van der Waals surface area contributed by atoms with Crippen LogP contribution >= 0.6 is 0 Å². The molecule has 198 valence electrons. The molecule has 1 saturated heterocycles. The molecule has 0 amide bonds. The van der Waals surface area contributed by atoms with Gasteiger partial charge in [0, 0.05) is 0 Å². The molecule has 0 unspecified atom stereocenters. The van der Waals surface area contributed by atoms with Gasteiger partial charge in [-0.2, -0.15) is 0 Å². The van der Waals surface area contributed by atoms with Crippen LogP contribution in [0.25, 0.3) is 22.3 Å². The van der Waals surface area contributed by atoms with Crippen LogP contribution in [0.1, 0.15) is 29.5 Å². The molecule has 1 heterocycles. The van der Waals surface area contributed by atoms with E-state index >= 15 is 4.39 Å². The van der Waals surface area contributed by atoms with Crippen molar-refractivity contribution >= 4 is 0 Å².